The second kappa shape index (κ2) is 4.80. The minimum atomic E-state index is 0.325. The van der Waals surface area contributed by atoms with Gasteiger partial charge in [0.15, 0.2) is 0 Å². The lowest BCUT2D eigenvalue weighted by Gasteiger charge is -2.29. The van der Waals surface area contributed by atoms with Gasteiger partial charge in [0.2, 0.25) is 0 Å². The Bertz CT molecular complexity index is 125. The lowest BCUT2D eigenvalue weighted by atomic mass is 10.2. The Kier molecular flexibility index (Phi) is 3.97. The summed E-state index contributed by atoms with van der Waals surface area (Å²) in [7, 11) is 1.72. The molecule has 0 amide bonds. The predicted molar refractivity (Wildman–Crippen MR) is 50.1 cm³/mol. The van der Waals surface area contributed by atoms with E-state index in [0.29, 0.717) is 12.1 Å². The first-order valence-corrected chi connectivity index (χ1v) is 4.97. The zero-order valence-electron chi connectivity index (χ0n) is 6.88. The van der Waals surface area contributed by atoms with E-state index in [9.17, 15) is 0 Å². The van der Waals surface area contributed by atoms with Crippen molar-refractivity contribution >= 4 is 11.8 Å². The summed E-state index contributed by atoms with van der Waals surface area (Å²) in [4.78, 5) is 0. The van der Waals surface area contributed by atoms with Crippen molar-refractivity contribution in [2.45, 2.75) is 12.1 Å². The Morgan fingerprint density at radius 2 is 2.55 bits per heavy atom. The summed E-state index contributed by atoms with van der Waals surface area (Å²) in [6.07, 6.45) is 1.91. The molecular weight excluding hydrogens is 158 g/mol. The minimum Gasteiger partial charge on any atom is -0.383 e. The van der Waals surface area contributed by atoms with Crippen LogP contribution < -0.4 is 5.32 Å². The summed E-state index contributed by atoms with van der Waals surface area (Å²) in [6, 6.07) is 1.00. The van der Waals surface area contributed by atoms with Crippen LogP contribution in [0, 0.1) is 0 Å². The van der Waals surface area contributed by atoms with Crippen LogP contribution in [-0.2, 0) is 4.74 Å². The summed E-state index contributed by atoms with van der Waals surface area (Å²) in [5.74, 6) is 2.46. The molecule has 0 spiro atoms. The maximum atomic E-state index is 5.02. The first-order chi connectivity index (χ1) is 5.36. The monoisotopic (exact) mass is 173 g/mol. The van der Waals surface area contributed by atoms with Gasteiger partial charge >= 0.3 is 0 Å². The van der Waals surface area contributed by atoms with Crippen LogP contribution in [0.2, 0.25) is 0 Å². The third-order valence-corrected chi connectivity index (χ3v) is 2.99. The number of hydrogen-bond donors (Lipinski definition) is 1. The van der Waals surface area contributed by atoms with E-state index >= 15 is 0 Å². The Morgan fingerprint density at radius 3 is 2.91 bits per heavy atom. The number of thioether (sulfide) groups is 1. The molecule has 1 N–H and O–H groups in total. The van der Waals surface area contributed by atoms with Crippen molar-refractivity contribution < 1.29 is 4.74 Å². The molecule has 1 aliphatic rings. The minimum absolute atomic E-state index is 0.325. The van der Waals surface area contributed by atoms with Crippen LogP contribution in [0.1, 0.15) is 0 Å². The van der Waals surface area contributed by atoms with Gasteiger partial charge in [-0.1, -0.05) is 6.08 Å². The Labute approximate surface area is 72.4 Å². The first kappa shape index (κ1) is 9.10. The summed E-state index contributed by atoms with van der Waals surface area (Å²) < 4.78 is 5.02. The van der Waals surface area contributed by atoms with Gasteiger partial charge in [0.25, 0.3) is 0 Å². The van der Waals surface area contributed by atoms with E-state index in [1.807, 2.05) is 17.8 Å². The molecule has 1 unspecified atom stereocenters. The molecule has 0 aromatic rings. The number of ether oxygens (including phenoxy) is 1. The summed E-state index contributed by atoms with van der Waals surface area (Å²) in [6.45, 7) is 4.47. The molecule has 64 valence electrons. The standard InChI is InChI=1S/C8H15NOS/c1-3-7(4-10-2)9-8-5-11-6-8/h3,7-9H,1,4-6H2,2H3. The highest BCUT2D eigenvalue weighted by Gasteiger charge is 2.19. The normalized spacial score (nSPS) is 20.8. The van der Waals surface area contributed by atoms with E-state index in [2.05, 4.69) is 11.9 Å². The lowest BCUT2D eigenvalue weighted by Crippen LogP contribution is -2.46. The highest BCUT2D eigenvalue weighted by molar-refractivity contribution is 8.00. The second-order valence-electron chi connectivity index (χ2n) is 2.70. The van der Waals surface area contributed by atoms with E-state index in [4.69, 9.17) is 4.74 Å². The third-order valence-electron chi connectivity index (χ3n) is 1.72. The van der Waals surface area contributed by atoms with Gasteiger partial charge in [-0.3, -0.25) is 0 Å². The molecule has 0 saturated carbocycles. The number of rotatable bonds is 5. The van der Waals surface area contributed by atoms with Crippen molar-refractivity contribution in [1.29, 1.82) is 0 Å². The maximum absolute atomic E-state index is 5.02. The van der Waals surface area contributed by atoms with Gasteiger partial charge in [-0.25, -0.2) is 0 Å². The van der Waals surface area contributed by atoms with Crippen LogP contribution in [0.15, 0.2) is 12.7 Å². The van der Waals surface area contributed by atoms with Crippen LogP contribution in [0.3, 0.4) is 0 Å². The highest BCUT2D eigenvalue weighted by Crippen LogP contribution is 2.17. The van der Waals surface area contributed by atoms with Crippen molar-refractivity contribution in [1.82, 2.24) is 5.32 Å². The topological polar surface area (TPSA) is 21.3 Å². The smallest absolute Gasteiger partial charge is 0.0651 e. The molecule has 0 aromatic heterocycles. The Morgan fingerprint density at radius 1 is 1.82 bits per heavy atom. The van der Waals surface area contributed by atoms with Gasteiger partial charge in [-0.15, -0.1) is 6.58 Å². The number of methoxy groups -OCH3 is 1. The fourth-order valence-electron chi connectivity index (χ4n) is 0.998. The van der Waals surface area contributed by atoms with Gasteiger partial charge in [0.1, 0.15) is 0 Å². The molecule has 0 radical (unpaired) electrons. The van der Waals surface area contributed by atoms with Gasteiger partial charge in [-0.2, -0.15) is 11.8 Å². The molecule has 3 heteroatoms. The van der Waals surface area contributed by atoms with Crippen molar-refractivity contribution in [3.05, 3.63) is 12.7 Å². The average molecular weight is 173 g/mol. The fraction of sp³-hybridized carbons (Fsp3) is 0.750. The van der Waals surface area contributed by atoms with Crippen LogP contribution >= 0.6 is 11.8 Å². The first-order valence-electron chi connectivity index (χ1n) is 3.82. The molecule has 11 heavy (non-hydrogen) atoms. The Balaban J connectivity index is 2.13. The van der Waals surface area contributed by atoms with Gasteiger partial charge in [0.05, 0.1) is 6.61 Å². The summed E-state index contributed by atoms with van der Waals surface area (Å²) in [5, 5.41) is 3.44. The predicted octanol–water partition coefficient (Wildman–Crippen LogP) is 0.892. The number of hydrogen-bond acceptors (Lipinski definition) is 3. The SMILES string of the molecule is C=CC(COC)NC1CSC1. The third kappa shape index (κ3) is 2.85. The molecule has 1 fully saturated rings. The van der Waals surface area contributed by atoms with Gasteiger partial charge < -0.3 is 10.1 Å². The van der Waals surface area contributed by atoms with E-state index in [1.165, 1.54) is 11.5 Å². The summed E-state index contributed by atoms with van der Waals surface area (Å²) in [5.41, 5.74) is 0. The fourth-order valence-corrected chi connectivity index (χ4v) is 1.66. The molecule has 0 aromatic carbocycles. The van der Waals surface area contributed by atoms with Crippen molar-refractivity contribution in [3.63, 3.8) is 0 Å². The largest absolute Gasteiger partial charge is 0.383 e. The molecule has 1 rings (SSSR count). The summed E-state index contributed by atoms with van der Waals surface area (Å²) >= 11 is 1.98. The molecule has 0 aliphatic carbocycles. The zero-order valence-corrected chi connectivity index (χ0v) is 7.69. The van der Waals surface area contributed by atoms with Crippen LogP contribution in [0.4, 0.5) is 0 Å². The molecule has 1 heterocycles. The van der Waals surface area contributed by atoms with E-state index in [1.54, 1.807) is 7.11 Å². The maximum Gasteiger partial charge on any atom is 0.0651 e. The van der Waals surface area contributed by atoms with Crippen molar-refractivity contribution in [2.75, 3.05) is 25.2 Å². The van der Waals surface area contributed by atoms with E-state index < -0.39 is 0 Å². The molecule has 2 nitrogen and oxygen atoms in total. The van der Waals surface area contributed by atoms with E-state index in [-0.39, 0.29) is 0 Å². The van der Waals surface area contributed by atoms with Crippen LogP contribution in [-0.4, -0.2) is 37.3 Å². The van der Waals surface area contributed by atoms with Gasteiger partial charge in [0, 0.05) is 30.7 Å². The average Bonchev–Trinajstić information content (AvgIpc) is 1.94. The second-order valence-corrected chi connectivity index (χ2v) is 3.77. The quantitative estimate of drug-likeness (QED) is 0.624. The molecule has 1 atom stereocenters. The van der Waals surface area contributed by atoms with Crippen molar-refractivity contribution in [3.8, 4) is 0 Å². The zero-order chi connectivity index (χ0) is 8.10. The Hall–Kier alpha value is 0.0100. The molecule has 1 aliphatic heterocycles. The van der Waals surface area contributed by atoms with Crippen LogP contribution in [0.5, 0.6) is 0 Å². The van der Waals surface area contributed by atoms with Crippen molar-refractivity contribution in [2.24, 2.45) is 0 Å². The van der Waals surface area contributed by atoms with Crippen LogP contribution in [0.25, 0.3) is 0 Å². The lowest BCUT2D eigenvalue weighted by molar-refractivity contribution is 0.177. The molecule has 0 bridgehead atoms. The van der Waals surface area contributed by atoms with E-state index in [0.717, 1.165) is 6.61 Å². The van der Waals surface area contributed by atoms with Gasteiger partial charge in [-0.05, 0) is 0 Å². The molecular formula is C8H15NOS. The number of nitrogens with one attached hydrogen (secondary N) is 1. The molecule has 1 saturated heterocycles. The highest BCUT2D eigenvalue weighted by atomic mass is 32.2.